The zero-order valence-electron chi connectivity index (χ0n) is 23.7. The number of morpholine rings is 1. The highest BCUT2D eigenvalue weighted by atomic mass is 16.5. The van der Waals surface area contributed by atoms with E-state index >= 15 is 0 Å². The number of hydrogen-bond donors (Lipinski definition) is 3. The summed E-state index contributed by atoms with van der Waals surface area (Å²) in [6, 6.07) is 12.0. The molecule has 1 amide bonds. The highest BCUT2D eigenvalue weighted by molar-refractivity contribution is 6.10. The molecular formula is C30H33N7O4. The van der Waals surface area contributed by atoms with Crippen LogP contribution in [-0.2, 0) is 14.9 Å². The van der Waals surface area contributed by atoms with Gasteiger partial charge >= 0.3 is 0 Å². The van der Waals surface area contributed by atoms with E-state index in [1.54, 1.807) is 14.2 Å². The molecule has 4 aromatic rings. The Bertz CT molecular complexity index is 1680. The van der Waals surface area contributed by atoms with Crippen molar-refractivity contribution in [3.63, 3.8) is 0 Å². The molecule has 1 saturated heterocycles. The van der Waals surface area contributed by atoms with Crippen LogP contribution in [0.15, 0.2) is 36.4 Å². The maximum absolute atomic E-state index is 13.1. The summed E-state index contributed by atoms with van der Waals surface area (Å²) < 4.78 is 17.2. The van der Waals surface area contributed by atoms with Crippen LogP contribution >= 0.6 is 0 Å². The number of hydrogen-bond acceptors (Lipinski definition) is 9. The minimum atomic E-state index is -0.560. The predicted octanol–water partition coefficient (Wildman–Crippen LogP) is 4.41. The lowest BCUT2D eigenvalue weighted by Gasteiger charge is -2.36. The zero-order chi connectivity index (χ0) is 28.5. The van der Waals surface area contributed by atoms with Crippen molar-refractivity contribution >= 4 is 40.0 Å². The number of amides is 1. The normalized spacial score (nSPS) is 24.9. The standard InChI is InChI=1S/C30H33N7O4/c1-15-13-37(14-16(2)41-15)28-25(40-5)27(31-17(3)32-28)34-26-20-8-6-18(10-24(20)35-36-26)22-12-30(22)21-11-19(39-4)7-9-23(21)33-29(30)38/h6-11,15-16,22H,12-14H2,1-5H3,(H,33,38)(H2,31,32,34,35,36)/t15-,16+,22-,30-/m0/s1. The zero-order valence-corrected chi connectivity index (χ0v) is 23.7. The van der Waals surface area contributed by atoms with Crippen molar-refractivity contribution in [1.82, 2.24) is 20.2 Å². The van der Waals surface area contributed by atoms with Crippen LogP contribution in [0.4, 0.5) is 23.1 Å². The maximum Gasteiger partial charge on any atom is 0.235 e. The number of rotatable bonds is 6. The van der Waals surface area contributed by atoms with Gasteiger partial charge in [-0.1, -0.05) is 6.07 Å². The average molecular weight is 556 g/mol. The lowest BCUT2D eigenvalue weighted by Crippen LogP contribution is -2.46. The first-order valence-electron chi connectivity index (χ1n) is 13.9. The molecule has 2 fully saturated rings. The summed E-state index contributed by atoms with van der Waals surface area (Å²) in [5, 5.41) is 15.1. The van der Waals surface area contributed by atoms with Gasteiger partial charge in [-0.2, -0.15) is 5.10 Å². The number of carbonyl (C=O) groups excluding carboxylic acids is 1. The Morgan fingerprint density at radius 2 is 1.85 bits per heavy atom. The molecule has 11 nitrogen and oxygen atoms in total. The van der Waals surface area contributed by atoms with Crippen LogP contribution in [0.3, 0.4) is 0 Å². The molecule has 0 radical (unpaired) electrons. The molecule has 1 aliphatic carbocycles. The van der Waals surface area contributed by atoms with Gasteiger partial charge in [-0.3, -0.25) is 9.89 Å². The molecule has 41 heavy (non-hydrogen) atoms. The number of carbonyl (C=O) groups is 1. The summed E-state index contributed by atoms with van der Waals surface area (Å²) in [4.78, 5) is 24.7. The van der Waals surface area contributed by atoms with Gasteiger partial charge in [0.2, 0.25) is 11.7 Å². The molecule has 1 spiro atoms. The molecule has 212 valence electrons. The van der Waals surface area contributed by atoms with Crippen LogP contribution < -0.4 is 25.0 Å². The Morgan fingerprint density at radius 1 is 1.05 bits per heavy atom. The highest BCUT2D eigenvalue weighted by Gasteiger charge is 2.65. The number of nitrogens with one attached hydrogen (secondary N) is 3. The van der Waals surface area contributed by atoms with Crippen molar-refractivity contribution in [2.75, 3.05) is 42.8 Å². The van der Waals surface area contributed by atoms with Gasteiger partial charge in [0.05, 0.1) is 37.4 Å². The second kappa shape index (κ2) is 9.34. The summed E-state index contributed by atoms with van der Waals surface area (Å²) in [7, 11) is 3.27. The molecule has 0 bridgehead atoms. The van der Waals surface area contributed by atoms with Gasteiger partial charge in [0, 0.05) is 30.1 Å². The number of methoxy groups -OCH3 is 2. The number of H-pyrrole nitrogens is 1. The molecule has 3 N–H and O–H groups in total. The van der Waals surface area contributed by atoms with Crippen molar-refractivity contribution < 1.29 is 19.0 Å². The molecule has 2 aliphatic heterocycles. The third kappa shape index (κ3) is 4.06. The van der Waals surface area contributed by atoms with Crippen LogP contribution in [-0.4, -0.2) is 65.6 Å². The summed E-state index contributed by atoms with van der Waals surface area (Å²) >= 11 is 0. The third-order valence-corrected chi connectivity index (χ3v) is 8.43. The second-order valence-corrected chi connectivity index (χ2v) is 11.2. The van der Waals surface area contributed by atoms with E-state index in [4.69, 9.17) is 19.2 Å². The number of anilines is 4. The molecule has 3 aliphatic rings. The average Bonchev–Trinajstić information content (AvgIpc) is 3.50. The first-order valence-corrected chi connectivity index (χ1v) is 13.9. The van der Waals surface area contributed by atoms with E-state index in [0.29, 0.717) is 36.3 Å². The number of benzene rings is 2. The van der Waals surface area contributed by atoms with Crippen molar-refractivity contribution in [2.24, 2.45) is 0 Å². The molecule has 2 aromatic carbocycles. The maximum atomic E-state index is 13.1. The van der Waals surface area contributed by atoms with Crippen LogP contribution in [0.1, 0.15) is 43.1 Å². The topological polar surface area (TPSA) is 127 Å². The number of aryl methyl sites for hydroxylation is 1. The second-order valence-electron chi connectivity index (χ2n) is 11.2. The lowest BCUT2D eigenvalue weighted by molar-refractivity contribution is -0.118. The van der Waals surface area contributed by atoms with E-state index in [2.05, 4.69) is 56.7 Å². The number of ether oxygens (including phenoxy) is 3. The first-order chi connectivity index (χ1) is 19.8. The molecule has 2 aromatic heterocycles. The van der Waals surface area contributed by atoms with Crippen molar-refractivity contribution in [1.29, 1.82) is 0 Å². The van der Waals surface area contributed by atoms with Crippen molar-refractivity contribution in [2.45, 2.75) is 50.7 Å². The molecule has 4 atom stereocenters. The number of aromatic amines is 1. The van der Waals surface area contributed by atoms with Crippen LogP contribution in [0, 0.1) is 6.92 Å². The van der Waals surface area contributed by atoms with E-state index in [1.807, 2.05) is 31.2 Å². The minimum Gasteiger partial charge on any atom is -0.497 e. The molecule has 11 heteroatoms. The smallest absolute Gasteiger partial charge is 0.235 e. The van der Waals surface area contributed by atoms with Gasteiger partial charge < -0.3 is 29.7 Å². The fourth-order valence-electron chi connectivity index (χ4n) is 6.55. The van der Waals surface area contributed by atoms with E-state index in [9.17, 15) is 4.79 Å². The van der Waals surface area contributed by atoms with E-state index in [1.165, 1.54) is 0 Å². The summed E-state index contributed by atoms with van der Waals surface area (Å²) in [6.45, 7) is 7.41. The highest BCUT2D eigenvalue weighted by Crippen LogP contribution is 2.65. The van der Waals surface area contributed by atoms with Gasteiger partial charge in [-0.15, -0.1) is 0 Å². The van der Waals surface area contributed by atoms with Crippen LogP contribution in [0.2, 0.25) is 0 Å². The van der Waals surface area contributed by atoms with Gasteiger partial charge in [0.15, 0.2) is 17.5 Å². The largest absolute Gasteiger partial charge is 0.497 e. The van der Waals surface area contributed by atoms with Gasteiger partial charge in [-0.05, 0) is 68.7 Å². The summed E-state index contributed by atoms with van der Waals surface area (Å²) in [5.74, 6) is 3.98. The van der Waals surface area contributed by atoms with Crippen LogP contribution in [0.5, 0.6) is 11.5 Å². The molecule has 1 saturated carbocycles. The fraction of sp³-hybridized carbons (Fsp3) is 0.400. The lowest BCUT2D eigenvalue weighted by atomic mass is 9.91. The third-order valence-electron chi connectivity index (χ3n) is 8.43. The van der Waals surface area contributed by atoms with Gasteiger partial charge in [0.1, 0.15) is 11.6 Å². The molecular weight excluding hydrogens is 522 g/mol. The number of aromatic nitrogens is 4. The number of nitrogens with zero attached hydrogens (tertiary/aromatic N) is 4. The van der Waals surface area contributed by atoms with Crippen LogP contribution in [0.25, 0.3) is 10.9 Å². The van der Waals surface area contributed by atoms with Gasteiger partial charge in [-0.25, -0.2) is 9.97 Å². The molecule has 7 rings (SSSR count). The first kappa shape index (κ1) is 25.6. The van der Waals surface area contributed by atoms with E-state index in [0.717, 1.165) is 45.7 Å². The quantitative estimate of drug-likeness (QED) is 0.317. The van der Waals surface area contributed by atoms with Gasteiger partial charge in [0.25, 0.3) is 0 Å². The Labute approximate surface area is 237 Å². The summed E-state index contributed by atoms with van der Waals surface area (Å²) in [5.41, 5.74) is 3.27. The molecule has 4 heterocycles. The molecule has 0 unspecified atom stereocenters. The van der Waals surface area contributed by atoms with Crippen molar-refractivity contribution in [3.8, 4) is 11.5 Å². The predicted molar refractivity (Wildman–Crippen MR) is 156 cm³/mol. The SMILES string of the molecule is COc1ccc2c(c1)[C@]1(C[C@H]1c1ccc3c(Nc4nc(C)nc(N5C[C@@H](C)O[C@@H](C)C5)c4OC)n[nH]c3c1)C(=O)N2. The Kier molecular flexibility index (Phi) is 5.82. The van der Waals surface area contributed by atoms with E-state index in [-0.39, 0.29) is 24.0 Å². The Morgan fingerprint density at radius 3 is 2.61 bits per heavy atom. The Balaban J connectivity index is 1.19. The minimum absolute atomic E-state index is 0.0453. The fourth-order valence-corrected chi connectivity index (χ4v) is 6.55. The van der Waals surface area contributed by atoms with E-state index < -0.39 is 5.41 Å². The van der Waals surface area contributed by atoms with Crippen molar-refractivity contribution in [3.05, 3.63) is 53.3 Å². The summed E-state index contributed by atoms with van der Waals surface area (Å²) in [6.07, 6.45) is 0.912. The Hall–Kier alpha value is -4.38. The monoisotopic (exact) mass is 555 g/mol. The number of fused-ring (bicyclic) bond motifs is 3.